The second-order valence-corrected chi connectivity index (χ2v) is 8.32. The normalized spacial score (nSPS) is 23.8. The number of ether oxygens (including phenoxy) is 1. The van der Waals surface area contributed by atoms with Crippen molar-refractivity contribution in [2.75, 3.05) is 37.7 Å². The first-order valence-corrected chi connectivity index (χ1v) is 10.5. The molecule has 3 aliphatic rings. The fraction of sp³-hybridized carbons (Fsp3) is 0.619. The highest BCUT2D eigenvalue weighted by Gasteiger charge is 2.42. The third-order valence-corrected chi connectivity index (χ3v) is 6.43. The van der Waals surface area contributed by atoms with Gasteiger partial charge in [0.25, 0.3) is 0 Å². The second-order valence-electron chi connectivity index (χ2n) is 8.32. The fourth-order valence-corrected chi connectivity index (χ4v) is 4.79. The Morgan fingerprint density at radius 2 is 2.14 bits per heavy atom. The maximum absolute atomic E-state index is 6.31. The lowest BCUT2D eigenvalue weighted by Gasteiger charge is -2.44. The van der Waals surface area contributed by atoms with Crippen molar-refractivity contribution in [1.82, 2.24) is 25.5 Å². The van der Waals surface area contributed by atoms with Crippen molar-refractivity contribution in [3.63, 3.8) is 0 Å². The number of nitrogens with one attached hydrogen (secondary N) is 1. The average Bonchev–Trinajstić information content (AvgIpc) is 3.23. The molecular weight excluding hydrogens is 352 g/mol. The number of piperidine rings is 1. The van der Waals surface area contributed by atoms with E-state index in [2.05, 4.69) is 37.5 Å². The van der Waals surface area contributed by atoms with Crippen LogP contribution >= 0.6 is 0 Å². The third-order valence-electron chi connectivity index (χ3n) is 6.43. The van der Waals surface area contributed by atoms with Crippen LogP contribution in [0, 0.1) is 12.8 Å². The van der Waals surface area contributed by atoms with E-state index in [1.54, 1.807) is 0 Å². The molecule has 7 nitrogen and oxygen atoms in total. The van der Waals surface area contributed by atoms with Gasteiger partial charge in [-0.15, -0.1) is 5.10 Å². The van der Waals surface area contributed by atoms with Crippen LogP contribution in [0.4, 0.5) is 5.82 Å². The predicted octanol–water partition coefficient (Wildman–Crippen LogP) is 1.80. The number of hydrogen-bond donors (Lipinski definition) is 1. The van der Waals surface area contributed by atoms with Gasteiger partial charge in [0.15, 0.2) is 5.82 Å². The van der Waals surface area contributed by atoms with Crippen molar-refractivity contribution >= 4 is 5.82 Å². The average molecular weight is 380 g/mol. The first kappa shape index (κ1) is 17.9. The highest BCUT2D eigenvalue weighted by atomic mass is 16.5. The van der Waals surface area contributed by atoms with Crippen LogP contribution in [0.5, 0.6) is 0 Å². The van der Waals surface area contributed by atoms with Crippen LogP contribution in [0.15, 0.2) is 18.3 Å². The highest BCUT2D eigenvalue weighted by molar-refractivity contribution is 5.39. The maximum Gasteiger partial charge on any atom is 0.151 e. The second kappa shape index (κ2) is 7.37. The molecule has 28 heavy (non-hydrogen) atoms. The number of anilines is 1. The van der Waals surface area contributed by atoms with E-state index in [1.165, 1.54) is 12.0 Å². The molecule has 2 fully saturated rings. The Labute approximate surface area is 165 Å². The molecule has 7 heteroatoms. The summed E-state index contributed by atoms with van der Waals surface area (Å²) in [7, 11) is 0. The molecule has 0 aromatic carbocycles. The smallest absolute Gasteiger partial charge is 0.151 e. The summed E-state index contributed by atoms with van der Waals surface area (Å²) >= 11 is 0. The van der Waals surface area contributed by atoms with E-state index < -0.39 is 0 Å². The van der Waals surface area contributed by atoms with E-state index in [-0.39, 0.29) is 5.60 Å². The number of nitrogens with zero attached hydrogens (tertiary/aromatic N) is 5. The van der Waals surface area contributed by atoms with Crippen LogP contribution in [0.3, 0.4) is 0 Å². The predicted molar refractivity (Wildman–Crippen MR) is 106 cm³/mol. The number of rotatable bonds is 3. The molecular formula is C21H28N6O. The molecule has 0 radical (unpaired) electrons. The van der Waals surface area contributed by atoms with Crippen LogP contribution in [-0.2, 0) is 23.2 Å². The molecule has 2 saturated heterocycles. The van der Waals surface area contributed by atoms with E-state index >= 15 is 0 Å². The van der Waals surface area contributed by atoms with Crippen LogP contribution < -0.4 is 10.2 Å². The lowest BCUT2D eigenvalue weighted by molar-refractivity contribution is -0.0803. The topological polar surface area (TPSA) is 76.1 Å². The van der Waals surface area contributed by atoms with Gasteiger partial charge in [0.1, 0.15) is 11.4 Å². The molecule has 0 saturated carbocycles. The van der Waals surface area contributed by atoms with Crippen LogP contribution in [0.1, 0.15) is 42.0 Å². The summed E-state index contributed by atoms with van der Waals surface area (Å²) in [6.07, 6.45) is 7.00. The quantitative estimate of drug-likeness (QED) is 0.870. The van der Waals surface area contributed by atoms with Crippen molar-refractivity contribution in [3.05, 3.63) is 41.1 Å². The van der Waals surface area contributed by atoms with E-state index in [1.807, 2.05) is 13.1 Å². The number of fused-ring (bicyclic) bond motifs is 2. The van der Waals surface area contributed by atoms with Crippen molar-refractivity contribution in [2.24, 2.45) is 5.92 Å². The van der Waals surface area contributed by atoms with Gasteiger partial charge < -0.3 is 15.0 Å². The molecule has 0 aliphatic carbocycles. The first-order valence-electron chi connectivity index (χ1n) is 10.5. The Morgan fingerprint density at radius 3 is 2.89 bits per heavy atom. The molecule has 148 valence electrons. The van der Waals surface area contributed by atoms with E-state index in [0.717, 1.165) is 81.5 Å². The molecule has 2 aromatic heterocycles. The van der Waals surface area contributed by atoms with E-state index in [4.69, 9.17) is 9.72 Å². The number of hydrogen-bond acceptors (Lipinski definition) is 7. The molecule has 5 rings (SSSR count). The van der Waals surface area contributed by atoms with Gasteiger partial charge in [0, 0.05) is 19.3 Å². The Kier molecular flexibility index (Phi) is 4.72. The van der Waals surface area contributed by atoms with Gasteiger partial charge in [-0.05, 0) is 75.7 Å². The van der Waals surface area contributed by atoms with Gasteiger partial charge in [-0.2, -0.15) is 5.10 Å². The molecule has 0 bridgehead atoms. The molecule has 1 spiro atoms. The minimum atomic E-state index is -0.263. The molecule has 1 unspecified atom stereocenters. The highest BCUT2D eigenvalue weighted by Crippen LogP contribution is 2.40. The molecule has 0 amide bonds. The summed E-state index contributed by atoms with van der Waals surface area (Å²) < 4.78 is 6.31. The lowest BCUT2D eigenvalue weighted by atomic mass is 9.83. The standard InChI is InChI=1S/C21H28N6O/c1-15-23-14-17-5-11-28-21(20(17)24-15)6-9-27(10-7-21)19-3-2-18(25-26-19)12-16-4-8-22-13-16/h2-3,14,16,22H,4-13H2,1H3. The van der Waals surface area contributed by atoms with Gasteiger partial charge in [-0.3, -0.25) is 0 Å². The van der Waals surface area contributed by atoms with Gasteiger partial charge in [-0.25, -0.2) is 9.97 Å². The zero-order valence-corrected chi connectivity index (χ0v) is 16.5. The van der Waals surface area contributed by atoms with Crippen LogP contribution in [-0.4, -0.2) is 53.0 Å². The molecule has 5 heterocycles. The summed E-state index contributed by atoms with van der Waals surface area (Å²) in [5.74, 6) is 2.49. The maximum atomic E-state index is 6.31. The minimum Gasteiger partial charge on any atom is -0.368 e. The molecule has 2 aromatic rings. The summed E-state index contributed by atoms with van der Waals surface area (Å²) in [5.41, 5.74) is 3.19. The Morgan fingerprint density at radius 1 is 1.25 bits per heavy atom. The Balaban J connectivity index is 1.27. The summed E-state index contributed by atoms with van der Waals surface area (Å²) in [6.45, 7) is 6.75. The molecule has 1 atom stereocenters. The van der Waals surface area contributed by atoms with Crippen LogP contribution in [0.2, 0.25) is 0 Å². The van der Waals surface area contributed by atoms with Crippen molar-refractivity contribution in [1.29, 1.82) is 0 Å². The van der Waals surface area contributed by atoms with Crippen molar-refractivity contribution in [2.45, 2.75) is 44.6 Å². The number of aromatic nitrogens is 4. The Bertz CT molecular complexity index is 825. The Hall–Kier alpha value is -2.12. The van der Waals surface area contributed by atoms with Gasteiger partial charge in [-0.1, -0.05) is 0 Å². The largest absolute Gasteiger partial charge is 0.368 e. The first-order chi connectivity index (χ1) is 13.7. The zero-order chi connectivity index (χ0) is 19.0. The minimum absolute atomic E-state index is 0.263. The third kappa shape index (κ3) is 3.37. The molecule has 3 aliphatic heterocycles. The zero-order valence-electron chi connectivity index (χ0n) is 16.5. The summed E-state index contributed by atoms with van der Waals surface area (Å²) in [5, 5.41) is 12.4. The summed E-state index contributed by atoms with van der Waals surface area (Å²) in [6, 6.07) is 4.28. The lowest BCUT2D eigenvalue weighted by Crippen LogP contribution is -2.47. The van der Waals surface area contributed by atoms with Gasteiger partial charge in [0.05, 0.1) is 18.0 Å². The van der Waals surface area contributed by atoms with E-state index in [9.17, 15) is 0 Å². The SMILES string of the molecule is Cc1ncc2c(n1)C1(CCN(c3ccc(CC4CCNC4)nn3)CC1)OCC2. The van der Waals surface area contributed by atoms with E-state index in [0.29, 0.717) is 5.92 Å². The number of aryl methyl sites for hydroxylation is 1. The monoisotopic (exact) mass is 380 g/mol. The fourth-order valence-electron chi connectivity index (χ4n) is 4.79. The van der Waals surface area contributed by atoms with Gasteiger partial charge >= 0.3 is 0 Å². The van der Waals surface area contributed by atoms with Crippen molar-refractivity contribution < 1.29 is 4.74 Å². The van der Waals surface area contributed by atoms with Crippen LogP contribution in [0.25, 0.3) is 0 Å². The van der Waals surface area contributed by atoms with Gasteiger partial charge in [0.2, 0.25) is 0 Å². The summed E-state index contributed by atoms with van der Waals surface area (Å²) in [4.78, 5) is 11.5. The van der Waals surface area contributed by atoms with Crippen molar-refractivity contribution in [3.8, 4) is 0 Å². The molecule has 1 N–H and O–H groups in total.